The van der Waals surface area contributed by atoms with Gasteiger partial charge in [-0.1, -0.05) is 24.3 Å². The minimum atomic E-state index is -3.76. The molecule has 4 N–H and O–H groups in total. The molecule has 4 amide bonds. The quantitative estimate of drug-likeness (QED) is 0.455. The van der Waals surface area contributed by atoms with Gasteiger partial charge >= 0.3 is 6.03 Å². The highest BCUT2D eigenvalue weighted by molar-refractivity contribution is 7.89. The molecule has 3 rings (SSSR count). The topological polar surface area (TPSA) is 146 Å². The third kappa shape index (κ3) is 6.26. The monoisotopic (exact) mass is 461 g/mol. The third-order valence-electron chi connectivity index (χ3n) is 4.46. The Labute approximate surface area is 185 Å². The van der Waals surface area contributed by atoms with Crippen molar-refractivity contribution in [1.29, 1.82) is 0 Å². The Balaban J connectivity index is 1.49. The molecule has 1 fully saturated rings. The fourth-order valence-electron chi connectivity index (χ4n) is 2.83. The van der Waals surface area contributed by atoms with Gasteiger partial charge in [-0.3, -0.25) is 20.4 Å². The van der Waals surface area contributed by atoms with Crippen LogP contribution in [0.15, 0.2) is 59.5 Å². The predicted octanol–water partition coefficient (Wildman–Crippen LogP) is 0.290. The number of morpholine rings is 1. The summed E-state index contributed by atoms with van der Waals surface area (Å²) in [5.41, 5.74) is 4.97. The first kappa shape index (κ1) is 23.2. The summed E-state index contributed by atoms with van der Waals surface area (Å²) in [6.07, 6.45) is 0. The minimum Gasteiger partial charge on any atom is -0.379 e. The molecule has 0 spiro atoms. The van der Waals surface area contributed by atoms with Crippen molar-refractivity contribution in [2.24, 2.45) is 0 Å². The van der Waals surface area contributed by atoms with Crippen LogP contribution in [0.25, 0.3) is 0 Å². The Morgan fingerprint density at radius 1 is 0.938 bits per heavy atom. The number of ether oxygens (including phenoxy) is 1. The van der Waals surface area contributed by atoms with Crippen molar-refractivity contribution >= 4 is 33.6 Å². The Kier molecular flexibility index (Phi) is 7.76. The summed E-state index contributed by atoms with van der Waals surface area (Å²) in [7, 11) is -3.76. The lowest BCUT2D eigenvalue weighted by Crippen LogP contribution is -2.47. The number of sulfonamides is 1. The van der Waals surface area contributed by atoms with Gasteiger partial charge in [-0.15, -0.1) is 0 Å². The van der Waals surface area contributed by atoms with E-state index in [1.54, 1.807) is 30.3 Å². The van der Waals surface area contributed by atoms with E-state index < -0.39 is 27.9 Å². The van der Waals surface area contributed by atoms with Crippen molar-refractivity contribution in [2.45, 2.75) is 4.90 Å². The lowest BCUT2D eigenvalue weighted by molar-refractivity contribution is -0.120. The van der Waals surface area contributed by atoms with Gasteiger partial charge in [0.2, 0.25) is 10.0 Å². The molecule has 1 aliphatic rings. The maximum absolute atomic E-state index is 12.7. The van der Waals surface area contributed by atoms with Crippen LogP contribution in [0.4, 0.5) is 10.5 Å². The molecular formula is C20H23N5O6S. The molecule has 0 unspecified atom stereocenters. The molecule has 0 aromatic heterocycles. The Hall–Kier alpha value is -3.48. The number of carbonyl (C=O) groups excluding carboxylic acids is 3. The van der Waals surface area contributed by atoms with Crippen molar-refractivity contribution < 1.29 is 27.5 Å². The summed E-state index contributed by atoms with van der Waals surface area (Å²) >= 11 is 0. The summed E-state index contributed by atoms with van der Waals surface area (Å²) in [5.74, 6) is -1.37. The van der Waals surface area contributed by atoms with Crippen LogP contribution >= 0.6 is 0 Å². The predicted molar refractivity (Wildman–Crippen MR) is 115 cm³/mol. The Morgan fingerprint density at radius 3 is 2.38 bits per heavy atom. The first-order valence-electron chi connectivity index (χ1n) is 9.73. The van der Waals surface area contributed by atoms with E-state index in [2.05, 4.69) is 21.5 Å². The van der Waals surface area contributed by atoms with Crippen molar-refractivity contribution in [2.75, 3.05) is 38.2 Å². The summed E-state index contributed by atoms with van der Waals surface area (Å²) < 4.78 is 31.9. The number of carbonyl (C=O) groups is 3. The zero-order valence-electron chi connectivity index (χ0n) is 17.0. The molecule has 0 saturated carbocycles. The Morgan fingerprint density at radius 2 is 1.66 bits per heavy atom. The number of hydrogen-bond acceptors (Lipinski definition) is 6. The van der Waals surface area contributed by atoms with Gasteiger partial charge in [0, 0.05) is 24.3 Å². The van der Waals surface area contributed by atoms with E-state index in [-0.39, 0.29) is 30.1 Å². The summed E-state index contributed by atoms with van der Waals surface area (Å²) in [6.45, 7) is 0.704. The lowest BCUT2D eigenvalue weighted by atomic mass is 10.2. The average Bonchev–Trinajstić information content (AvgIpc) is 2.82. The molecule has 11 nitrogen and oxygen atoms in total. The highest BCUT2D eigenvalue weighted by atomic mass is 32.2. The highest BCUT2D eigenvalue weighted by Gasteiger charge is 2.26. The third-order valence-corrected chi connectivity index (χ3v) is 6.36. The van der Waals surface area contributed by atoms with Crippen LogP contribution in [-0.4, -0.2) is 63.4 Å². The summed E-state index contributed by atoms with van der Waals surface area (Å²) in [4.78, 5) is 36.0. The first-order chi connectivity index (χ1) is 15.4. The van der Waals surface area contributed by atoms with Gasteiger partial charge in [0.15, 0.2) is 0 Å². The molecule has 0 atom stereocenters. The van der Waals surface area contributed by atoms with E-state index in [1.165, 1.54) is 28.6 Å². The molecule has 2 aromatic rings. The van der Waals surface area contributed by atoms with Gasteiger partial charge < -0.3 is 15.4 Å². The number of anilines is 1. The molecule has 32 heavy (non-hydrogen) atoms. The van der Waals surface area contributed by atoms with Crippen LogP contribution in [0.5, 0.6) is 0 Å². The minimum absolute atomic E-state index is 0.0300. The summed E-state index contributed by atoms with van der Waals surface area (Å²) in [6, 6.07) is 13.6. The SMILES string of the molecule is O=C(CNC(=O)Nc1ccccc1)NNC(=O)c1cccc(S(=O)(=O)N2CCOCC2)c1. The largest absolute Gasteiger partial charge is 0.379 e. The standard InChI is InChI=1S/C20H23N5O6S/c26-18(14-21-20(28)22-16-6-2-1-3-7-16)23-24-19(27)15-5-4-8-17(13-15)32(29,30)25-9-11-31-12-10-25/h1-8,13H,9-12,14H2,(H,23,26)(H,24,27)(H2,21,22,28). The van der Waals surface area contributed by atoms with E-state index in [9.17, 15) is 22.8 Å². The van der Waals surface area contributed by atoms with Gasteiger partial charge in [0.1, 0.15) is 6.54 Å². The van der Waals surface area contributed by atoms with Gasteiger partial charge in [-0.25, -0.2) is 13.2 Å². The molecule has 12 heteroatoms. The first-order valence-corrected chi connectivity index (χ1v) is 11.2. The van der Waals surface area contributed by atoms with Gasteiger partial charge in [0.05, 0.1) is 18.1 Å². The van der Waals surface area contributed by atoms with Crippen molar-refractivity contribution in [1.82, 2.24) is 20.5 Å². The fraction of sp³-hybridized carbons (Fsp3) is 0.250. The molecule has 2 aromatic carbocycles. The number of amides is 4. The molecule has 1 aliphatic heterocycles. The van der Waals surface area contributed by atoms with Crippen molar-refractivity contribution in [3.8, 4) is 0 Å². The molecule has 170 valence electrons. The van der Waals surface area contributed by atoms with Gasteiger partial charge in [-0.2, -0.15) is 4.31 Å². The van der Waals surface area contributed by atoms with Crippen molar-refractivity contribution in [3.05, 3.63) is 60.2 Å². The van der Waals surface area contributed by atoms with Crippen LogP contribution in [-0.2, 0) is 19.6 Å². The van der Waals surface area contributed by atoms with E-state index in [0.717, 1.165) is 0 Å². The van der Waals surface area contributed by atoms with Crippen LogP contribution in [0.2, 0.25) is 0 Å². The second-order valence-electron chi connectivity index (χ2n) is 6.72. The number of urea groups is 1. The van der Waals surface area contributed by atoms with Crippen LogP contribution in [0, 0.1) is 0 Å². The maximum atomic E-state index is 12.7. The van der Waals surface area contributed by atoms with E-state index in [0.29, 0.717) is 18.9 Å². The van der Waals surface area contributed by atoms with Crippen LogP contribution in [0.3, 0.4) is 0 Å². The highest BCUT2D eigenvalue weighted by Crippen LogP contribution is 2.18. The number of nitrogens with zero attached hydrogens (tertiary/aromatic N) is 1. The smallest absolute Gasteiger partial charge is 0.319 e. The van der Waals surface area contributed by atoms with Crippen molar-refractivity contribution in [3.63, 3.8) is 0 Å². The number of hydrogen-bond donors (Lipinski definition) is 4. The zero-order chi connectivity index (χ0) is 23.0. The van der Waals surface area contributed by atoms with E-state index in [1.807, 2.05) is 0 Å². The second-order valence-corrected chi connectivity index (χ2v) is 8.66. The van der Waals surface area contributed by atoms with Gasteiger partial charge in [-0.05, 0) is 30.3 Å². The average molecular weight is 462 g/mol. The molecule has 1 heterocycles. The number of para-hydroxylation sites is 1. The number of nitrogens with one attached hydrogen (secondary N) is 4. The number of rotatable bonds is 6. The van der Waals surface area contributed by atoms with E-state index in [4.69, 9.17) is 4.74 Å². The molecule has 0 bridgehead atoms. The number of benzene rings is 2. The van der Waals surface area contributed by atoms with E-state index >= 15 is 0 Å². The van der Waals surface area contributed by atoms with Crippen LogP contribution in [0.1, 0.15) is 10.4 Å². The molecular weight excluding hydrogens is 438 g/mol. The summed E-state index contributed by atoms with van der Waals surface area (Å²) in [5, 5.41) is 4.90. The molecule has 1 saturated heterocycles. The Bertz CT molecular complexity index is 1070. The molecule has 0 aliphatic carbocycles. The maximum Gasteiger partial charge on any atom is 0.319 e. The lowest BCUT2D eigenvalue weighted by Gasteiger charge is -2.26. The van der Waals surface area contributed by atoms with Gasteiger partial charge in [0.25, 0.3) is 11.8 Å². The normalized spacial score (nSPS) is 14.2. The second kappa shape index (κ2) is 10.7. The zero-order valence-corrected chi connectivity index (χ0v) is 17.9. The number of hydrazine groups is 1. The fourth-order valence-corrected chi connectivity index (χ4v) is 4.29. The van der Waals surface area contributed by atoms with Crippen LogP contribution < -0.4 is 21.5 Å². The molecule has 0 radical (unpaired) electrons.